The number of aromatic nitrogens is 2. The topological polar surface area (TPSA) is 56.3 Å². The molecule has 6 heteroatoms. The summed E-state index contributed by atoms with van der Waals surface area (Å²) in [5.74, 6) is 1.73. The number of nitrogens with one attached hydrogen (secondary N) is 1. The van der Waals surface area contributed by atoms with Crippen molar-refractivity contribution < 1.29 is 9.47 Å². The number of rotatable bonds is 4. The van der Waals surface area contributed by atoms with E-state index in [1.807, 2.05) is 24.3 Å². The zero-order valence-corrected chi connectivity index (χ0v) is 13.9. The van der Waals surface area contributed by atoms with E-state index >= 15 is 0 Å². The minimum Gasteiger partial charge on any atom is -0.488 e. The van der Waals surface area contributed by atoms with Gasteiger partial charge in [-0.05, 0) is 24.3 Å². The molecule has 2 aromatic rings. The van der Waals surface area contributed by atoms with Crippen LogP contribution in [0.5, 0.6) is 5.75 Å². The van der Waals surface area contributed by atoms with Crippen molar-refractivity contribution in [3.8, 4) is 5.75 Å². The molecule has 0 radical (unpaired) electrons. The monoisotopic (exact) mass is 319 g/mol. The van der Waals surface area contributed by atoms with Gasteiger partial charge in [-0.15, -0.1) is 0 Å². The lowest BCUT2D eigenvalue weighted by Crippen LogP contribution is -2.15. The molecule has 0 bridgehead atoms. The Morgan fingerprint density at radius 2 is 2.05 bits per heavy atom. The van der Waals surface area contributed by atoms with Gasteiger partial charge in [-0.1, -0.05) is 20.8 Å². The van der Waals surface area contributed by atoms with Crippen molar-refractivity contribution in [2.75, 3.05) is 18.5 Å². The summed E-state index contributed by atoms with van der Waals surface area (Å²) in [5, 5.41) is 4.09. The van der Waals surface area contributed by atoms with Crippen LogP contribution in [0.4, 0.5) is 10.8 Å². The molecule has 1 saturated heterocycles. The first-order chi connectivity index (χ1) is 10.5. The van der Waals surface area contributed by atoms with Crippen LogP contribution in [-0.2, 0) is 10.2 Å². The van der Waals surface area contributed by atoms with Crippen molar-refractivity contribution in [3.63, 3.8) is 0 Å². The SMILES string of the molecule is CC(C)(C)c1nsc(Nc2ccc(OC3CCOC3)cc2)n1. The van der Waals surface area contributed by atoms with Gasteiger partial charge in [-0.25, -0.2) is 4.98 Å². The molecule has 1 fully saturated rings. The number of hydrogen-bond donors (Lipinski definition) is 1. The lowest BCUT2D eigenvalue weighted by atomic mass is 9.96. The third-order valence-electron chi connectivity index (χ3n) is 3.39. The molecule has 118 valence electrons. The Bertz CT molecular complexity index is 613. The van der Waals surface area contributed by atoms with Gasteiger partial charge >= 0.3 is 0 Å². The van der Waals surface area contributed by atoms with Gasteiger partial charge in [0.2, 0.25) is 5.13 Å². The molecule has 0 aliphatic carbocycles. The van der Waals surface area contributed by atoms with Crippen LogP contribution >= 0.6 is 11.5 Å². The van der Waals surface area contributed by atoms with E-state index in [0.29, 0.717) is 6.61 Å². The van der Waals surface area contributed by atoms with E-state index < -0.39 is 0 Å². The Balaban J connectivity index is 1.62. The summed E-state index contributed by atoms with van der Waals surface area (Å²) in [6, 6.07) is 7.91. The van der Waals surface area contributed by atoms with E-state index in [1.165, 1.54) is 11.5 Å². The highest BCUT2D eigenvalue weighted by atomic mass is 32.1. The second-order valence-corrected chi connectivity index (χ2v) is 7.18. The van der Waals surface area contributed by atoms with Gasteiger partial charge in [0.15, 0.2) is 0 Å². The number of ether oxygens (including phenoxy) is 2. The molecule has 0 spiro atoms. The van der Waals surface area contributed by atoms with Crippen LogP contribution < -0.4 is 10.1 Å². The molecule has 1 N–H and O–H groups in total. The predicted octanol–water partition coefficient (Wildman–Crippen LogP) is 3.75. The van der Waals surface area contributed by atoms with E-state index in [4.69, 9.17) is 9.47 Å². The molecule has 1 aliphatic heterocycles. The maximum atomic E-state index is 5.85. The molecule has 3 rings (SSSR count). The van der Waals surface area contributed by atoms with Crippen LogP contribution in [0.25, 0.3) is 0 Å². The van der Waals surface area contributed by atoms with Crippen molar-refractivity contribution in [1.82, 2.24) is 9.36 Å². The van der Waals surface area contributed by atoms with Crippen molar-refractivity contribution >= 4 is 22.4 Å². The highest BCUT2D eigenvalue weighted by Crippen LogP contribution is 2.26. The van der Waals surface area contributed by atoms with E-state index in [9.17, 15) is 0 Å². The van der Waals surface area contributed by atoms with Gasteiger partial charge in [-0.2, -0.15) is 4.37 Å². The van der Waals surface area contributed by atoms with Crippen molar-refractivity contribution in [2.24, 2.45) is 0 Å². The van der Waals surface area contributed by atoms with Crippen LogP contribution in [-0.4, -0.2) is 28.7 Å². The zero-order valence-electron chi connectivity index (χ0n) is 13.1. The quantitative estimate of drug-likeness (QED) is 0.930. The number of benzene rings is 1. The Kier molecular flexibility index (Phi) is 4.31. The number of nitrogens with zero attached hydrogens (tertiary/aromatic N) is 2. The molecule has 1 aromatic heterocycles. The van der Waals surface area contributed by atoms with E-state index in [0.717, 1.165) is 35.4 Å². The van der Waals surface area contributed by atoms with E-state index in [2.05, 4.69) is 35.4 Å². The molecular weight excluding hydrogens is 298 g/mol. The van der Waals surface area contributed by atoms with Crippen LogP contribution in [0, 0.1) is 0 Å². The number of anilines is 2. The summed E-state index contributed by atoms with van der Waals surface area (Å²) < 4.78 is 15.6. The Labute approximate surface area is 134 Å². The minimum atomic E-state index is -0.0303. The largest absolute Gasteiger partial charge is 0.488 e. The Morgan fingerprint density at radius 1 is 1.27 bits per heavy atom. The zero-order chi connectivity index (χ0) is 15.6. The second-order valence-electron chi connectivity index (χ2n) is 6.43. The summed E-state index contributed by atoms with van der Waals surface area (Å²) in [5.41, 5.74) is 0.948. The Morgan fingerprint density at radius 3 is 2.64 bits per heavy atom. The lowest BCUT2D eigenvalue weighted by Gasteiger charge is -2.12. The van der Waals surface area contributed by atoms with E-state index in [-0.39, 0.29) is 11.5 Å². The summed E-state index contributed by atoms with van der Waals surface area (Å²) in [6.45, 7) is 7.80. The average molecular weight is 319 g/mol. The molecule has 1 unspecified atom stereocenters. The fourth-order valence-corrected chi connectivity index (χ4v) is 2.90. The van der Waals surface area contributed by atoms with Gasteiger partial charge in [0.25, 0.3) is 0 Å². The van der Waals surface area contributed by atoms with Crippen LogP contribution in [0.1, 0.15) is 33.0 Å². The third kappa shape index (κ3) is 3.75. The van der Waals surface area contributed by atoms with Crippen molar-refractivity contribution in [1.29, 1.82) is 0 Å². The fourth-order valence-electron chi connectivity index (χ4n) is 2.12. The van der Waals surface area contributed by atoms with Gasteiger partial charge < -0.3 is 14.8 Å². The van der Waals surface area contributed by atoms with Gasteiger partial charge in [0, 0.05) is 29.1 Å². The van der Waals surface area contributed by atoms with Crippen LogP contribution in [0.2, 0.25) is 0 Å². The van der Waals surface area contributed by atoms with Crippen molar-refractivity contribution in [2.45, 2.75) is 38.7 Å². The van der Waals surface area contributed by atoms with Gasteiger partial charge in [-0.3, -0.25) is 0 Å². The van der Waals surface area contributed by atoms with Gasteiger partial charge in [0.1, 0.15) is 17.7 Å². The average Bonchev–Trinajstić information content (AvgIpc) is 3.12. The molecular formula is C16H21N3O2S. The highest BCUT2D eigenvalue weighted by Gasteiger charge is 2.20. The molecule has 1 aliphatic rings. The highest BCUT2D eigenvalue weighted by molar-refractivity contribution is 7.09. The molecule has 1 atom stereocenters. The summed E-state index contributed by atoms with van der Waals surface area (Å²) in [6.07, 6.45) is 1.14. The third-order valence-corrected chi connectivity index (χ3v) is 4.02. The molecule has 0 saturated carbocycles. The maximum absolute atomic E-state index is 5.85. The number of hydrogen-bond acceptors (Lipinski definition) is 6. The molecule has 2 heterocycles. The maximum Gasteiger partial charge on any atom is 0.207 e. The molecule has 22 heavy (non-hydrogen) atoms. The lowest BCUT2D eigenvalue weighted by molar-refractivity contribution is 0.141. The first-order valence-electron chi connectivity index (χ1n) is 7.46. The summed E-state index contributed by atoms with van der Waals surface area (Å²) in [7, 11) is 0. The van der Waals surface area contributed by atoms with Gasteiger partial charge in [0.05, 0.1) is 13.2 Å². The van der Waals surface area contributed by atoms with Crippen LogP contribution in [0.15, 0.2) is 24.3 Å². The standard InChI is InChI=1S/C16H21N3O2S/c1-16(2,3)14-18-15(22-19-14)17-11-4-6-12(7-5-11)21-13-8-9-20-10-13/h4-7,13H,8-10H2,1-3H3,(H,17,18,19). The first-order valence-corrected chi connectivity index (χ1v) is 8.24. The van der Waals surface area contributed by atoms with Crippen molar-refractivity contribution in [3.05, 3.63) is 30.1 Å². The first kappa shape index (κ1) is 15.2. The fraction of sp³-hybridized carbons (Fsp3) is 0.500. The van der Waals surface area contributed by atoms with Crippen LogP contribution in [0.3, 0.4) is 0 Å². The predicted molar refractivity (Wildman–Crippen MR) is 88.2 cm³/mol. The summed E-state index contributed by atoms with van der Waals surface area (Å²) in [4.78, 5) is 4.53. The van der Waals surface area contributed by atoms with E-state index in [1.54, 1.807) is 0 Å². The smallest absolute Gasteiger partial charge is 0.207 e. The molecule has 1 aromatic carbocycles. The Hall–Kier alpha value is -1.66. The molecule has 0 amide bonds. The second kappa shape index (κ2) is 6.22. The minimum absolute atomic E-state index is 0.0303. The summed E-state index contributed by atoms with van der Waals surface area (Å²) >= 11 is 1.38. The normalized spacial score (nSPS) is 18.4. The molecule has 5 nitrogen and oxygen atoms in total.